The molecule has 0 bridgehead atoms. The Morgan fingerprint density at radius 2 is 2.05 bits per heavy atom. The molecule has 0 atom stereocenters. The maximum atomic E-state index is 12.7. The van der Waals surface area contributed by atoms with Gasteiger partial charge in [-0.2, -0.15) is 0 Å². The van der Waals surface area contributed by atoms with Gasteiger partial charge in [0.15, 0.2) is 0 Å². The number of para-hydroxylation sites is 1. The van der Waals surface area contributed by atoms with Crippen LogP contribution in [-0.4, -0.2) is 19.0 Å². The molecule has 0 radical (unpaired) electrons. The fourth-order valence-corrected chi connectivity index (χ4v) is 2.81. The third-order valence-corrected chi connectivity index (χ3v) is 3.85. The monoisotopic (exact) mass is 280 g/mol. The second-order valence-electron chi connectivity index (χ2n) is 5.52. The Morgan fingerprint density at radius 1 is 1.19 bits per heavy atom. The van der Waals surface area contributed by atoms with E-state index in [1.807, 2.05) is 35.2 Å². The molecule has 1 N–H and O–H groups in total. The number of hydrogen-bond donors (Lipinski definition) is 1. The molecule has 0 unspecified atom stereocenters. The summed E-state index contributed by atoms with van der Waals surface area (Å²) in [5, 5.41) is 3.37. The van der Waals surface area contributed by atoms with Gasteiger partial charge < -0.3 is 10.2 Å². The van der Waals surface area contributed by atoms with Crippen molar-refractivity contribution in [3.63, 3.8) is 0 Å². The lowest BCUT2D eigenvalue weighted by Gasteiger charge is -2.22. The molecule has 1 aliphatic heterocycles. The molecule has 1 aliphatic rings. The molecule has 0 saturated heterocycles. The summed E-state index contributed by atoms with van der Waals surface area (Å²) < 4.78 is 0. The summed E-state index contributed by atoms with van der Waals surface area (Å²) >= 11 is 0. The van der Waals surface area contributed by atoms with Gasteiger partial charge in [0.1, 0.15) is 0 Å². The minimum Gasteiger partial charge on any atom is -0.311 e. The number of aryl methyl sites for hydroxylation is 1. The molecule has 2 aromatic rings. The molecule has 1 amide bonds. The highest BCUT2D eigenvalue weighted by molar-refractivity contribution is 5.95. The van der Waals surface area contributed by atoms with E-state index in [0.29, 0.717) is 6.42 Å². The molecule has 2 aromatic carbocycles. The van der Waals surface area contributed by atoms with Gasteiger partial charge in [-0.05, 0) is 24.1 Å². The van der Waals surface area contributed by atoms with Gasteiger partial charge >= 0.3 is 0 Å². The first-order chi connectivity index (χ1) is 10.2. The van der Waals surface area contributed by atoms with Crippen molar-refractivity contribution >= 4 is 11.6 Å². The number of carbonyl (C=O) groups is 1. The van der Waals surface area contributed by atoms with Crippen LogP contribution in [0.3, 0.4) is 0 Å². The van der Waals surface area contributed by atoms with E-state index in [1.165, 1.54) is 11.1 Å². The molecule has 0 fully saturated rings. The molecule has 0 aliphatic carbocycles. The number of benzene rings is 2. The van der Waals surface area contributed by atoms with Crippen LogP contribution >= 0.6 is 0 Å². The van der Waals surface area contributed by atoms with Gasteiger partial charge in [-0.15, -0.1) is 0 Å². The van der Waals surface area contributed by atoms with Crippen LogP contribution in [-0.2, 0) is 17.8 Å². The molecule has 0 aromatic heterocycles. The van der Waals surface area contributed by atoms with Crippen molar-refractivity contribution in [2.75, 3.05) is 18.0 Å². The quantitative estimate of drug-likeness (QED) is 0.917. The summed E-state index contributed by atoms with van der Waals surface area (Å²) in [6.07, 6.45) is 0.454. The molecule has 0 saturated carbocycles. The predicted octanol–water partition coefficient (Wildman–Crippen LogP) is 2.67. The van der Waals surface area contributed by atoms with E-state index in [0.717, 1.165) is 30.9 Å². The van der Waals surface area contributed by atoms with Gasteiger partial charge in [0.25, 0.3) is 0 Å². The lowest BCUT2D eigenvalue weighted by atomic mass is 10.1. The Labute approximate surface area is 125 Å². The lowest BCUT2D eigenvalue weighted by Crippen LogP contribution is -2.35. The van der Waals surface area contributed by atoms with Crippen molar-refractivity contribution in [2.24, 2.45) is 0 Å². The Morgan fingerprint density at radius 3 is 2.90 bits per heavy atom. The van der Waals surface area contributed by atoms with Crippen molar-refractivity contribution in [1.82, 2.24) is 5.32 Å². The number of anilines is 1. The maximum Gasteiger partial charge on any atom is 0.231 e. The van der Waals surface area contributed by atoms with E-state index in [-0.39, 0.29) is 5.91 Å². The van der Waals surface area contributed by atoms with E-state index in [4.69, 9.17) is 0 Å². The number of carbonyl (C=O) groups excluding carboxylic acids is 1. The number of amides is 1. The van der Waals surface area contributed by atoms with Crippen LogP contribution in [0.15, 0.2) is 48.5 Å². The van der Waals surface area contributed by atoms with Crippen LogP contribution < -0.4 is 10.2 Å². The smallest absolute Gasteiger partial charge is 0.231 e. The average Bonchev–Trinajstić information content (AvgIpc) is 2.69. The van der Waals surface area contributed by atoms with E-state index in [9.17, 15) is 4.79 Å². The molecule has 3 heteroatoms. The van der Waals surface area contributed by atoms with E-state index >= 15 is 0 Å². The highest BCUT2D eigenvalue weighted by Gasteiger charge is 2.20. The van der Waals surface area contributed by atoms with Gasteiger partial charge in [0.05, 0.1) is 6.42 Å². The van der Waals surface area contributed by atoms with Gasteiger partial charge in [-0.25, -0.2) is 0 Å². The molecule has 3 nitrogen and oxygen atoms in total. The molecule has 3 rings (SSSR count). The summed E-state index contributed by atoms with van der Waals surface area (Å²) in [4.78, 5) is 14.6. The zero-order valence-corrected chi connectivity index (χ0v) is 12.3. The minimum atomic E-state index is 0.164. The van der Waals surface area contributed by atoms with Crippen molar-refractivity contribution in [2.45, 2.75) is 19.9 Å². The molecule has 108 valence electrons. The first-order valence-corrected chi connectivity index (χ1v) is 7.38. The standard InChI is InChI=1S/C18H20N2O/c1-14-5-4-6-15(11-14)12-18(21)20-10-9-19-13-16-7-2-3-8-17(16)20/h2-8,11,19H,9-10,12-13H2,1H3. The number of nitrogens with zero attached hydrogens (tertiary/aromatic N) is 1. The van der Waals surface area contributed by atoms with Gasteiger partial charge in [-0.1, -0.05) is 48.0 Å². The fourth-order valence-electron chi connectivity index (χ4n) is 2.81. The largest absolute Gasteiger partial charge is 0.311 e. The van der Waals surface area contributed by atoms with Crippen LogP contribution in [0.2, 0.25) is 0 Å². The minimum absolute atomic E-state index is 0.164. The summed E-state index contributed by atoms with van der Waals surface area (Å²) in [5.74, 6) is 0.164. The average molecular weight is 280 g/mol. The molecule has 21 heavy (non-hydrogen) atoms. The number of nitrogens with one attached hydrogen (secondary N) is 1. The van der Waals surface area contributed by atoms with Crippen LogP contribution in [0.4, 0.5) is 5.69 Å². The van der Waals surface area contributed by atoms with Gasteiger partial charge in [0.2, 0.25) is 5.91 Å². The zero-order valence-electron chi connectivity index (χ0n) is 12.3. The van der Waals surface area contributed by atoms with E-state index in [2.05, 4.69) is 30.4 Å². The van der Waals surface area contributed by atoms with Crippen LogP contribution in [0.1, 0.15) is 16.7 Å². The SMILES string of the molecule is Cc1cccc(CC(=O)N2CCNCc3ccccc32)c1. The second-order valence-corrected chi connectivity index (χ2v) is 5.52. The number of rotatable bonds is 2. The number of fused-ring (bicyclic) bond motifs is 1. The van der Waals surface area contributed by atoms with E-state index in [1.54, 1.807) is 0 Å². The van der Waals surface area contributed by atoms with Gasteiger partial charge in [0, 0.05) is 25.3 Å². The van der Waals surface area contributed by atoms with Crippen molar-refractivity contribution in [1.29, 1.82) is 0 Å². The highest BCUT2D eigenvalue weighted by atomic mass is 16.2. The lowest BCUT2D eigenvalue weighted by molar-refractivity contribution is -0.118. The van der Waals surface area contributed by atoms with Crippen molar-refractivity contribution < 1.29 is 4.79 Å². The number of hydrogen-bond acceptors (Lipinski definition) is 2. The summed E-state index contributed by atoms with van der Waals surface area (Å²) in [7, 11) is 0. The van der Waals surface area contributed by atoms with Crippen molar-refractivity contribution in [3.05, 3.63) is 65.2 Å². The first-order valence-electron chi connectivity index (χ1n) is 7.38. The molecular formula is C18H20N2O. The summed E-state index contributed by atoms with van der Waals surface area (Å²) in [6.45, 7) is 4.43. The second kappa shape index (κ2) is 6.10. The first kappa shape index (κ1) is 13.8. The maximum absolute atomic E-state index is 12.7. The highest BCUT2D eigenvalue weighted by Crippen LogP contribution is 2.23. The molecular weight excluding hydrogens is 260 g/mol. The van der Waals surface area contributed by atoms with Crippen LogP contribution in [0, 0.1) is 6.92 Å². The normalized spacial score (nSPS) is 14.4. The third-order valence-electron chi connectivity index (χ3n) is 3.85. The van der Waals surface area contributed by atoms with Crippen molar-refractivity contribution in [3.8, 4) is 0 Å². The van der Waals surface area contributed by atoms with Gasteiger partial charge in [-0.3, -0.25) is 4.79 Å². The Balaban J connectivity index is 1.84. The predicted molar refractivity (Wildman–Crippen MR) is 85.4 cm³/mol. The summed E-state index contributed by atoms with van der Waals surface area (Å²) in [5.41, 5.74) is 4.50. The van der Waals surface area contributed by atoms with Crippen LogP contribution in [0.25, 0.3) is 0 Å². The molecule has 1 heterocycles. The van der Waals surface area contributed by atoms with E-state index < -0.39 is 0 Å². The summed E-state index contributed by atoms with van der Waals surface area (Å²) in [6, 6.07) is 16.3. The molecule has 0 spiro atoms. The zero-order chi connectivity index (χ0) is 14.7. The third kappa shape index (κ3) is 3.14. The fraction of sp³-hybridized carbons (Fsp3) is 0.278. The Kier molecular flexibility index (Phi) is 4.02. The Bertz CT molecular complexity index is 651. The Hall–Kier alpha value is -2.13. The van der Waals surface area contributed by atoms with Crippen LogP contribution in [0.5, 0.6) is 0 Å². The topological polar surface area (TPSA) is 32.3 Å².